The van der Waals surface area contributed by atoms with Gasteiger partial charge in [-0.25, -0.2) is 4.39 Å². The van der Waals surface area contributed by atoms with Crippen LogP contribution in [0.2, 0.25) is 0 Å². The Bertz CT molecular complexity index is 1010. The highest BCUT2D eigenvalue weighted by molar-refractivity contribution is 6.10. The molecule has 2 N–H and O–H groups in total. The number of hydrogen-bond acceptors (Lipinski definition) is 4. The van der Waals surface area contributed by atoms with E-state index in [1.807, 2.05) is 0 Å². The lowest BCUT2D eigenvalue weighted by Gasteiger charge is -2.12. The molecular weight excluding hydrogens is 375 g/mol. The average Bonchev–Trinajstić information content (AvgIpc) is 2.74. The number of amides is 2. The van der Waals surface area contributed by atoms with Crippen molar-refractivity contribution in [2.75, 3.05) is 24.4 Å². The molecule has 0 fully saturated rings. The second kappa shape index (κ2) is 9.36. The largest absolute Gasteiger partial charge is 0.497 e. The molecule has 3 rings (SSSR count). The molecule has 0 aliphatic rings. The van der Waals surface area contributed by atoms with Crippen LogP contribution >= 0.6 is 0 Å². The van der Waals surface area contributed by atoms with Crippen molar-refractivity contribution in [1.82, 2.24) is 0 Å². The van der Waals surface area contributed by atoms with Gasteiger partial charge >= 0.3 is 0 Å². The Morgan fingerprint density at radius 3 is 2.31 bits per heavy atom. The molecule has 29 heavy (non-hydrogen) atoms. The number of hydrogen-bond donors (Lipinski definition) is 2. The van der Waals surface area contributed by atoms with Gasteiger partial charge in [-0.15, -0.1) is 0 Å². The number of anilines is 2. The first-order valence-corrected chi connectivity index (χ1v) is 8.78. The summed E-state index contributed by atoms with van der Waals surface area (Å²) in [5, 5.41) is 5.38. The van der Waals surface area contributed by atoms with E-state index in [1.54, 1.807) is 61.7 Å². The third-order valence-electron chi connectivity index (χ3n) is 3.99. The molecule has 0 saturated heterocycles. The zero-order valence-electron chi connectivity index (χ0n) is 15.6. The molecule has 6 nitrogen and oxygen atoms in total. The second-order valence-corrected chi connectivity index (χ2v) is 6.00. The number of methoxy groups -OCH3 is 1. The molecule has 0 atom stereocenters. The molecule has 0 aromatic heterocycles. The highest BCUT2D eigenvalue weighted by Crippen LogP contribution is 2.20. The summed E-state index contributed by atoms with van der Waals surface area (Å²) in [6.45, 7) is -0.393. The van der Waals surface area contributed by atoms with E-state index in [-0.39, 0.29) is 17.2 Å². The van der Waals surface area contributed by atoms with Crippen LogP contribution in [0, 0.1) is 5.82 Å². The van der Waals surface area contributed by atoms with Crippen LogP contribution in [0.4, 0.5) is 15.8 Å². The first kappa shape index (κ1) is 19.9. The summed E-state index contributed by atoms with van der Waals surface area (Å²) in [6, 6.07) is 19.2. The average molecular weight is 394 g/mol. The summed E-state index contributed by atoms with van der Waals surface area (Å²) < 4.78 is 23.9. The zero-order chi connectivity index (χ0) is 20.6. The van der Waals surface area contributed by atoms with E-state index < -0.39 is 18.3 Å². The zero-order valence-corrected chi connectivity index (χ0v) is 15.6. The van der Waals surface area contributed by atoms with Gasteiger partial charge in [0.15, 0.2) is 18.2 Å². The van der Waals surface area contributed by atoms with Gasteiger partial charge < -0.3 is 20.1 Å². The molecule has 2 amide bonds. The van der Waals surface area contributed by atoms with Gasteiger partial charge in [-0.1, -0.05) is 24.3 Å². The van der Waals surface area contributed by atoms with Crippen molar-refractivity contribution >= 4 is 23.2 Å². The highest BCUT2D eigenvalue weighted by Gasteiger charge is 2.14. The predicted octanol–water partition coefficient (Wildman–Crippen LogP) is 4.10. The number of carbonyl (C=O) groups excluding carboxylic acids is 2. The van der Waals surface area contributed by atoms with Crippen molar-refractivity contribution in [3.8, 4) is 11.5 Å². The summed E-state index contributed by atoms with van der Waals surface area (Å²) in [5.74, 6) is -0.808. The maximum absolute atomic E-state index is 13.6. The molecule has 0 unspecified atom stereocenters. The van der Waals surface area contributed by atoms with E-state index in [2.05, 4.69) is 10.6 Å². The van der Waals surface area contributed by atoms with E-state index in [0.717, 1.165) is 0 Å². The quantitative estimate of drug-likeness (QED) is 0.632. The maximum Gasteiger partial charge on any atom is 0.262 e. The SMILES string of the molecule is COc1ccc(NC(=O)c2ccccc2NC(=O)COc2ccccc2F)cc1. The van der Waals surface area contributed by atoms with Crippen LogP contribution in [0.25, 0.3) is 0 Å². The summed E-state index contributed by atoms with van der Waals surface area (Å²) >= 11 is 0. The number of carbonyl (C=O) groups is 2. The fraction of sp³-hybridized carbons (Fsp3) is 0.0909. The Kier molecular flexibility index (Phi) is 6.42. The molecule has 0 spiro atoms. The first-order chi connectivity index (χ1) is 14.1. The molecular formula is C22H19FN2O4. The van der Waals surface area contributed by atoms with Crippen molar-refractivity contribution in [2.45, 2.75) is 0 Å². The van der Waals surface area contributed by atoms with Crippen LogP contribution in [0.1, 0.15) is 10.4 Å². The van der Waals surface area contributed by atoms with E-state index in [1.165, 1.54) is 18.2 Å². The van der Waals surface area contributed by atoms with E-state index >= 15 is 0 Å². The Morgan fingerprint density at radius 1 is 0.897 bits per heavy atom. The molecule has 3 aromatic carbocycles. The van der Waals surface area contributed by atoms with Gasteiger partial charge in [0.25, 0.3) is 11.8 Å². The number of halogens is 1. The smallest absolute Gasteiger partial charge is 0.262 e. The van der Waals surface area contributed by atoms with Gasteiger partial charge in [0.1, 0.15) is 5.75 Å². The van der Waals surface area contributed by atoms with E-state index in [9.17, 15) is 14.0 Å². The number of nitrogens with one attached hydrogen (secondary N) is 2. The van der Waals surface area contributed by atoms with Crippen LogP contribution < -0.4 is 20.1 Å². The molecule has 0 saturated carbocycles. The summed E-state index contributed by atoms with van der Waals surface area (Å²) in [4.78, 5) is 24.8. The topological polar surface area (TPSA) is 76.7 Å². The molecule has 3 aromatic rings. The molecule has 7 heteroatoms. The lowest BCUT2D eigenvalue weighted by Crippen LogP contribution is -2.23. The fourth-order valence-corrected chi connectivity index (χ4v) is 2.55. The standard InChI is InChI=1S/C22H19FN2O4/c1-28-16-12-10-15(11-13-16)24-22(27)17-6-2-4-8-19(17)25-21(26)14-29-20-9-5-3-7-18(20)23/h2-13H,14H2,1H3,(H,24,27)(H,25,26). The van der Waals surface area contributed by atoms with Crippen LogP contribution in [0.3, 0.4) is 0 Å². The Balaban J connectivity index is 1.65. The van der Waals surface area contributed by atoms with Gasteiger partial charge in [-0.05, 0) is 48.5 Å². The monoisotopic (exact) mass is 394 g/mol. The number of ether oxygens (including phenoxy) is 2. The number of para-hydroxylation sites is 2. The van der Waals surface area contributed by atoms with Crippen molar-refractivity contribution in [1.29, 1.82) is 0 Å². The normalized spacial score (nSPS) is 10.1. The molecule has 0 radical (unpaired) electrons. The summed E-state index contributed by atoms with van der Waals surface area (Å²) in [7, 11) is 1.56. The second-order valence-electron chi connectivity index (χ2n) is 6.00. The predicted molar refractivity (Wildman–Crippen MR) is 108 cm³/mol. The van der Waals surface area contributed by atoms with Gasteiger partial charge in [-0.2, -0.15) is 0 Å². The van der Waals surface area contributed by atoms with Crippen LogP contribution in [-0.4, -0.2) is 25.5 Å². The van der Waals surface area contributed by atoms with Crippen LogP contribution in [-0.2, 0) is 4.79 Å². The van der Waals surface area contributed by atoms with Gasteiger partial charge in [-0.3, -0.25) is 9.59 Å². The van der Waals surface area contributed by atoms with Crippen molar-refractivity contribution in [2.24, 2.45) is 0 Å². The molecule has 148 valence electrons. The van der Waals surface area contributed by atoms with Crippen LogP contribution in [0.5, 0.6) is 11.5 Å². The summed E-state index contributed by atoms with van der Waals surface area (Å²) in [6.07, 6.45) is 0. The van der Waals surface area contributed by atoms with Gasteiger partial charge in [0.2, 0.25) is 0 Å². The van der Waals surface area contributed by atoms with Crippen molar-refractivity contribution < 1.29 is 23.5 Å². The third-order valence-corrected chi connectivity index (χ3v) is 3.99. The highest BCUT2D eigenvalue weighted by atomic mass is 19.1. The molecule has 0 aliphatic heterocycles. The minimum absolute atomic E-state index is 0.0202. The summed E-state index contributed by atoms with van der Waals surface area (Å²) in [5.41, 5.74) is 1.18. The minimum Gasteiger partial charge on any atom is -0.497 e. The Hall–Kier alpha value is -3.87. The van der Waals surface area contributed by atoms with E-state index in [0.29, 0.717) is 17.1 Å². The minimum atomic E-state index is -0.556. The van der Waals surface area contributed by atoms with Gasteiger partial charge in [0, 0.05) is 5.69 Å². The van der Waals surface area contributed by atoms with Gasteiger partial charge in [0.05, 0.1) is 18.4 Å². The lowest BCUT2D eigenvalue weighted by atomic mass is 10.1. The Morgan fingerprint density at radius 2 is 1.59 bits per heavy atom. The van der Waals surface area contributed by atoms with Crippen molar-refractivity contribution in [3.05, 3.63) is 84.2 Å². The number of benzene rings is 3. The Labute approximate surface area is 167 Å². The fourth-order valence-electron chi connectivity index (χ4n) is 2.55. The molecule has 0 heterocycles. The van der Waals surface area contributed by atoms with Crippen molar-refractivity contribution in [3.63, 3.8) is 0 Å². The van der Waals surface area contributed by atoms with Crippen LogP contribution in [0.15, 0.2) is 72.8 Å². The van der Waals surface area contributed by atoms with E-state index in [4.69, 9.17) is 9.47 Å². The maximum atomic E-state index is 13.6. The number of rotatable bonds is 7. The first-order valence-electron chi connectivity index (χ1n) is 8.78. The molecule has 0 aliphatic carbocycles. The molecule has 0 bridgehead atoms. The third kappa shape index (κ3) is 5.32. The lowest BCUT2D eigenvalue weighted by molar-refractivity contribution is -0.118.